The molecule has 1 rings (SSSR count). The van der Waals surface area contributed by atoms with Crippen LogP contribution in [0.1, 0.15) is 45.1 Å². The normalized spacial score (nSPS) is 14.5. The molecule has 0 bridgehead atoms. The smallest absolute Gasteiger partial charge is 0.119 e. The van der Waals surface area contributed by atoms with Crippen LogP contribution in [0.2, 0.25) is 0 Å². The molecule has 2 heteroatoms. The first kappa shape index (κ1) is 13.0. The molecule has 0 amide bonds. The van der Waals surface area contributed by atoms with Crippen LogP contribution in [0, 0.1) is 0 Å². The highest BCUT2D eigenvalue weighted by molar-refractivity contribution is 5.29. The van der Waals surface area contributed by atoms with E-state index in [-0.39, 0.29) is 6.10 Å². The van der Waals surface area contributed by atoms with Crippen molar-refractivity contribution >= 4 is 0 Å². The summed E-state index contributed by atoms with van der Waals surface area (Å²) < 4.78 is 5.53. The molecule has 1 N–H and O–H groups in total. The summed E-state index contributed by atoms with van der Waals surface area (Å²) in [4.78, 5) is 0. The molecular weight excluding hydrogens is 200 g/mol. The van der Waals surface area contributed by atoms with Gasteiger partial charge in [0.2, 0.25) is 0 Å². The van der Waals surface area contributed by atoms with E-state index in [0.717, 1.165) is 12.2 Å². The molecule has 1 aromatic rings. The van der Waals surface area contributed by atoms with Gasteiger partial charge in [-0.05, 0) is 37.0 Å². The third-order valence-corrected chi connectivity index (χ3v) is 2.87. The van der Waals surface area contributed by atoms with Gasteiger partial charge in [-0.1, -0.05) is 26.0 Å². The van der Waals surface area contributed by atoms with Crippen LogP contribution in [0.5, 0.6) is 5.75 Å². The van der Waals surface area contributed by atoms with Crippen molar-refractivity contribution in [2.24, 2.45) is 0 Å². The fourth-order valence-corrected chi connectivity index (χ4v) is 1.48. The summed E-state index contributed by atoms with van der Waals surface area (Å²) >= 11 is 0. The van der Waals surface area contributed by atoms with Crippen LogP contribution < -0.4 is 4.74 Å². The molecular formula is C14H22O2. The molecule has 2 nitrogen and oxygen atoms in total. The van der Waals surface area contributed by atoms with Gasteiger partial charge in [0.05, 0.1) is 12.7 Å². The van der Waals surface area contributed by atoms with Crippen LogP contribution in [0.25, 0.3) is 0 Å². The second-order valence-electron chi connectivity index (χ2n) is 4.36. The summed E-state index contributed by atoms with van der Waals surface area (Å²) in [5.41, 5.74) is 1.35. The lowest BCUT2D eigenvalue weighted by Gasteiger charge is -2.11. The largest absolute Gasteiger partial charge is 0.493 e. The Morgan fingerprint density at radius 3 is 2.31 bits per heavy atom. The number of hydrogen-bond donors (Lipinski definition) is 1. The van der Waals surface area contributed by atoms with Gasteiger partial charge in [0.15, 0.2) is 0 Å². The number of aliphatic hydroxyl groups excluding tert-OH is 1. The first-order valence-corrected chi connectivity index (χ1v) is 6.04. The molecule has 1 aromatic carbocycles. The highest BCUT2D eigenvalue weighted by atomic mass is 16.5. The van der Waals surface area contributed by atoms with E-state index in [1.54, 1.807) is 6.92 Å². The molecule has 0 aliphatic heterocycles. The summed E-state index contributed by atoms with van der Waals surface area (Å²) in [7, 11) is 0. The second kappa shape index (κ2) is 6.54. The average Bonchev–Trinajstić information content (AvgIpc) is 2.28. The van der Waals surface area contributed by atoms with E-state index in [1.165, 1.54) is 5.56 Å². The third kappa shape index (κ3) is 4.23. The maximum absolute atomic E-state index is 9.10. The molecule has 0 aromatic heterocycles. The van der Waals surface area contributed by atoms with Gasteiger partial charge in [0, 0.05) is 6.42 Å². The van der Waals surface area contributed by atoms with E-state index in [2.05, 4.69) is 26.0 Å². The molecule has 0 aliphatic carbocycles. The summed E-state index contributed by atoms with van der Waals surface area (Å²) in [5.74, 6) is 1.49. The van der Waals surface area contributed by atoms with Gasteiger partial charge in [0.25, 0.3) is 0 Å². The average molecular weight is 222 g/mol. The topological polar surface area (TPSA) is 29.5 Å². The van der Waals surface area contributed by atoms with Crippen molar-refractivity contribution in [3.8, 4) is 5.75 Å². The minimum absolute atomic E-state index is 0.292. The van der Waals surface area contributed by atoms with Crippen LogP contribution >= 0.6 is 0 Å². The molecule has 0 saturated carbocycles. The zero-order valence-electron chi connectivity index (χ0n) is 10.4. The Labute approximate surface area is 98.3 Å². The van der Waals surface area contributed by atoms with Gasteiger partial charge in [-0.15, -0.1) is 0 Å². The molecule has 0 heterocycles. The van der Waals surface area contributed by atoms with Gasteiger partial charge < -0.3 is 9.84 Å². The van der Waals surface area contributed by atoms with Crippen molar-refractivity contribution in [1.82, 2.24) is 0 Å². The molecule has 0 spiro atoms. The Hall–Kier alpha value is -1.02. The maximum atomic E-state index is 9.10. The Bertz CT molecular complexity index is 290. The predicted octanol–water partition coefficient (Wildman–Crippen LogP) is 3.35. The minimum atomic E-state index is -0.292. The molecule has 16 heavy (non-hydrogen) atoms. The SMILES string of the molecule is CCC(C)c1ccc(OCCC(C)O)cc1. The van der Waals surface area contributed by atoms with E-state index in [4.69, 9.17) is 9.84 Å². The molecule has 0 radical (unpaired) electrons. The molecule has 90 valence electrons. The number of benzene rings is 1. The van der Waals surface area contributed by atoms with E-state index in [1.807, 2.05) is 12.1 Å². The van der Waals surface area contributed by atoms with Crippen LogP contribution in [0.4, 0.5) is 0 Å². The number of aliphatic hydroxyl groups is 1. The summed E-state index contributed by atoms with van der Waals surface area (Å²) in [6.45, 7) is 6.76. The predicted molar refractivity (Wildman–Crippen MR) is 66.9 cm³/mol. The lowest BCUT2D eigenvalue weighted by atomic mass is 9.99. The van der Waals surface area contributed by atoms with Crippen molar-refractivity contribution < 1.29 is 9.84 Å². The highest BCUT2D eigenvalue weighted by Crippen LogP contribution is 2.21. The summed E-state index contributed by atoms with van der Waals surface area (Å²) in [6, 6.07) is 8.24. The van der Waals surface area contributed by atoms with E-state index in [0.29, 0.717) is 18.9 Å². The number of rotatable bonds is 6. The molecule has 2 unspecified atom stereocenters. The van der Waals surface area contributed by atoms with Crippen LogP contribution in [0.15, 0.2) is 24.3 Å². The Morgan fingerprint density at radius 1 is 1.19 bits per heavy atom. The van der Waals surface area contributed by atoms with Gasteiger partial charge in [-0.3, -0.25) is 0 Å². The van der Waals surface area contributed by atoms with Crippen molar-refractivity contribution in [1.29, 1.82) is 0 Å². The lowest BCUT2D eigenvalue weighted by molar-refractivity contribution is 0.155. The molecule has 2 atom stereocenters. The standard InChI is InChI=1S/C14H22O2/c1-4-11(2)13-5-7-14(8-6-13)16-10-9-12(3)15/h5-8,11-12,15H,4,9-10H2,1-3H3. The quantitative estimate of drug-likeness (QED) is 0.799. The van der Waals surface area contributed by atoms with Gasteiger partial charge >= 0.3 is 0 Å². The third-order valence-electron chi connectivity index (χ3n) is 2.87. The van der Waals surface area contributed by atoms with Gasteiger partial charge in [-0.25, -0.2) is 0 Å². The van der Waals surface area contributed by atoms with E-state index >= 15 is 0 Å². The second-order valence-corrected chi connectivity index (χ2v) is 4.36. The fraction of sp³-hybridized carbons (Fsp3) is 0.571. The Morgan fingerprint density at radius 2 is 1.81 bits per heavy atom. The Balaban J connectivity index is 2.45. The van der Waals surface area contributed by atoms with Gasteiger partial charge in [-0.2, -0.15) is 0 Å². The fourth-order valence-electron chi connectivity index (χ4n) is 1.48. The zero-order chi connectivity index (χ0) is 12.0. The Kier molecular flexibility index (Phi) is 5.33. The van der Waals surface area contributed by atoms with E-state index in [9.17, 15) is 0 Å². The monoisotopic (exact) mass is 222 g/mol. The minimum Gasteiger partial charge on any atom is -0.493 e. The molecule has 0 saturated heterocycles. The summed E-state index contributed by atoms with van der Waals surface area (Å²) in [6.07, 6.45) is 1.54. The first-order valence-electron chi connectivity index (χ1n) is 6.04. The highest BCUT2D eigenvalue weighted by Gasteiger charge is 2.03. The number of ether oxygens (including phenoxy) is 1. The van der Waals surface area contributed by atoms with Crippen molar-refractivity contribution in [2.75, 3.05) is 6.61 Å². The first-order chi connectivity index (χ1) is 7.63. The molecule has 0 aliphatic rings. The van der Waals surface area contributed by atoms with Crippen LogP contribution in [-0.2, 0) is 0 Å². The van der Waals surface area contributed by atoms with Crippen LogP contribution in [0.3, 0.4) is 0 Å². The van der Waals surface area contributed by atoms with Crippen molar-refractivity contribution in [3.05, 3.63) is 29.8 Å². The van der Waals surface area contributed by atoms with Crippen molar-refractivity contribution in [3.63, 3.8) is 0 Å². The van der Waals surface area contributed by atoms with Crippen molar-refractivity contribution in [2.45, 2.75) is 45.6 Å². The van der Waals surface area contributed by atoms with E-state index < -0.39 is 0 Å². The molecule has 0 fully saturated rings. The zero-order valence-corrected chi connectivity index (χ0v) is 10.4. The van der Waals surface area contributed by atoms with Crippen LogP contribution in [-0.4, -0.2) is 17.8 Å². The summed E-state index contributed by atoms with van der Waals surface area (Å²) in [5, 5.41) is 9.10. The number of hydrogen-bond acceptors (Lipinski definition) is 2. The van der Waals surface area contributed by atoms with Gasteiger partial charge in [0.1, 0.15) is 5.75 Å². The lowest BCUT2D eigenvalue weighted by Crippen LogP contribution is -2.07. The maximum Gasteiger partial charge on any atom is 0.119 e.